The lowest BCUT2D eigenvalue weighted by Crippen LogP contribution is -2.19. The fourth-order valence-corrected chi connectivity index (χ4v) is 1.62. The van der Waals surface area contributed by atoms with E-state index in [1.54, 1.807) is 6.20 Å². The van der Waals surface area contributed by atoms with Crippen LogP contribution >= 0.6 is 0 Å². The van der Waals surface area contributed by atoms with Gasteiger partial charge >= 0.3 is 0 Å². The van der Waals surface area contributed by atoms with Crippen molar-refractivity contribution in [1.29, 1.82) is 0 Å². The second-order valence-corrected chi connectivity index (χ2v) is 4.19. The van der Waals surface area contributed by atoms with Crippen LogP contribution in [0, 0.1) is 0 Å². The molecule has 1 saturated carbocycles. The second kappa shape index (κ2) is 4.63. The van der Waals surface area contributed by atoms with E-state index in [0.717, 1.165) is 18.7 Å². The van der Waals surface area contributed by atoms with E-state index in [1.165, 1.54) is 12.8 Å². The summed E-state index contributed by atoms with van der Waals surface area (Å²) in [5.41, 5.74) is 0.724. The average Bonchev–Trinajstić information content (AvgIpc) is 3.07. The molecule has 2 aromatic rings. The maximum Gasteiger partial charge on any atom is 0.266 e. The molecule has 5 heteroatoms. The first kappa shape index (κ1) is 10.4. The van der Waals surface area contributed by atoms with Crippen LogP contribution in [0.15, 0.2) is 28.8 Å². The van der Waals surface area contributed by atoms with Gasteiger partial charge in [0.1, 0.15) is 5.69 Å². The van der Waals surface area contributed by atoms with Gasteiger partial charge in [-0.2, -0.15) is 0 Å². The van der Waals surface area contributed by atoms with E-state index in [0.29, 0.717) is 17.8 Å². The highest BCUT2D eigenvalue weighted by atomic mass is 16.4. The third kappa shape index (κ3) is 2.68. The molecule has 88 valence electrons. The molecule has 0 atom stereocenters. The number of hydrogen-bond acceptors (Lipinski definition) is 5. The fraction of sp³-hybridized carbons (Fsp3) is 0.417. The molecule has 0 bridgehead atoms. The van der Waals surface area contributed by atoms with Crippen LogP contribution in [0.3, 0.4) is 0 Å². The van der Waals surface area contributed by atoms with E-state index in [2.05, 4.69) is 20.5 Å². The van der Waals surface area contributed by atoms with Crippen molar-refractivity contribution in [3.8, 4) is 11.6 Å². The van der Waals surface area contributed by atoms with Gasteiger partial charge in [-0.25, -0.2) is 0 Å². The Bertz CT molecular complexity index is 478. The lowest BCUT2D eigenvalue weighted by Gasteiger charge is -1.97. The van der Waals surface area contributed by atoms with Gasteiger partial charge in [0.2, 0.25) is 5.89 Å². The van der Waals surface area contributed by atoms with E-state index in [9.17, 15) is 0 Å². The summed E-state index contributed by atoms with van der Waals surface area (Å²) in [7, 11) is 0. The first-order valence-corrected chi connectivity index (χ1v) is 5.89. The first-order valence-electron chi connectivity index (χ1n) is 5.89. The largest absolute Gasteiger partial charge is 0.419 e. The van der Waals surface area contributed by atoms with Crippen LogP contribution in [0.25, 0.3) is 11.6 Å². The maximum absolute atomic E-state index is 5.55. The molecule has 5 nitrogen and oxygen atoms in total. The summed E-state index contributed by atoms with van der Waals surface area (Å²) < 4.78 is 5.55. The standard InChI is InChI=1S/C12H14N4O/c1-2-7-14-10(3-1)12-16-15-11(17-12)6-8-13-9-4-5-9/h1-3,7,9,13H,4-6,8H2. The Morgan fingerprint density at radius 1 is 1.29 bits per heavy atom. The van der Waals surface area contributed by atoms with Crippen LogP contribution in [0.5, 0.6) is 0 Å². The molecule has 17 heavy (non-hydrogen) atoms. The molecule has 0 amide bonds. The van der Waals surface area contributed by atoms with Gasteiger partial charge in [0.05, 0.1) is 0 Å². The van der Waals surface area contributed by atoms with Gasteiger partial charge in [0.25, 0.3) is 5.89 Å². The van der Waals surface area contributed by atoms with Gasteiger partial charge in [0.15, 0.2) is 0 Å². The molecule has 0 aromatic carbocycles. The van der Waals surface area contributed by atoms with Gasteiger partial charge in [0, 0.05) is 25.2 Å². The van der Waals surface area contributed by atoms with Crippen LogP contribution in [-0.2, 0) is 6.42 Å². The van der Waals surface area contributed by atoms with Crippen molar-refractivity contribution in [2.45, 2.75) is 25.3 Å². The summed E-state index contributed by atoms with van der Waals surface area (Å²) in [5, 5.41) is 11.4. The third-order valence-corrected chi connectivity index (χ3v) is 2.70. The summed E-state index contributed by atoms with van der Waals surface area (Å²) >= 11 is 0. The van der Waals surface area contributed by atoms with Crippen LogP contribution < -0.4 is 5.32 Å². The molecule has 2 heterocycles. The Kier molecular flexibility index (Phi) is 2.83. The van der Waals surface area contributed by atoms with Gasteiger partial charge in [-0.1, -0.05) is 6.07 Å². The first-order chi connectivity index (χ1) is 8.42. The monoisotopic (exact) mass is 230 g/mol. The molecular formula is C12H14N4O. The van der Waals surface area contributed by atoms with Gasteiger partial charge < -0.3 is 9.73 Å². The summed E-state index contributed by atoms with van der Waals surface area (Å²) in [6.45, 7) is 0.897. The van der Waals surface area contributed by atoms with E-state index in [-0.39, 0.29) is 0 Å². The number of nitrogens with zero attached hydrogens (tertiary/aromatic N) is 3. The van der Waals surface area contributed by atoms with E-state index >= 15 is 0 Å². The van der Waals surface area contributed by atoms with Crippen LogP contribution in [0.4, 0.5) is 0 Å². The maximum atomic E-state index is 5.55. The van der Waals surface area contributed by atoms with Crippen LogP contribution in [0.2, 0.25) is 0 Å². The highest BCUT2D eigenvalue weighted by Crippen LogP contribution is 2.18. The van der Waals surface area contributed by atoms with Crippen molar-refractivity contribution in [2.24, 2.45) is 0 Å². The minimum absolute atomic E-state index is 0.493. The van der Waals surface area contributed by atoms with Crippen molar-refractivity contribution in [2.75, 3.05) is 6.54 Å². The van der Waals surface area contributed by atoms with E-state index in [4.69, 9.17) is 4.42 Å². The second-order valence-electron chi connectivity index (χ2n) is 4.19. The van der Waals surface area contributed by atoms with Crippen LogP contribution in [-0.4, -0.2) is 27.8 Å². The van der Waals surface area contributed by atoms with Crippen molar-refractivity contribution in [3.63, 3.8) is 0 Å². The zero-order valence-electron chi connectivity index (χ0n) is 9.47. The molecule has 0 aliphatic heterocycles. The number of hydrogen-bond donors (Lipinski definition) is 1. The summed E-state index contributed by atoms with van der Waals surface area (Å²) in [5.74, 6) is 1.16. The number of rotatable bonds is 5. The average molecular weight is 230 g/mol. The number of nitrogens with one attached hydrogen (secondary N) is 1. The molecule has 1 aliphatic rings. The lowest BCUT2D eigenvalue weighted by atomic mass is 10.3. The normalized spacial score (nSPS) is 15.1. The highest BCUT2D eigenvalue weighted by molar-refractivity contribution is 5.44. The molecule has 1 N–H and O–H groups in total. The summed E-state index contributed by atoms with van der Waals surface area (Å²) in [6, 6.07) is 6.34. The number of aromatic nitrogens is 3. The molecule has 0 saturated heterocycles. The SMILES string of the molecule is c1ccc(-c2nnc(CCNC3CC3)o2)nc1. The zero-order chi connectivity index (χ0) is 11.5. The molecule has 1 aliphatic carbocycles. The summed E-state index contributed by atoms with van der Waals surface area (Å²) in [4.78, 5) is 4.17. The predicted octanol–water partition coefficient (Wildman–Crippen LogP) is 1.43. The summed E-state index contributed by atoms with van der Waals surface area (Å²) in [6.07, 6.45) is 5.08. The molecule has 1 fully saturated rings. The van der Waals surface area contributed by atoms with Crippen molar-refractivity contribution in [3.05, 3.63) is 30.3 Å². The zero-order valence-corrected chi connectivity index (χ0v) is 9.47. The van der Waals surface area contributed by atoms with Gasteiger partial charge in [-0.15, -0.1) is 10.2 Å². The Labute approximate surface area is 99.3 Å². The Morgan fingerprint density at radius 2 is 2.24 bits per heavy atom. The molecule has 2 aromatic heterocycles. The highest BCUT2D eigenvalue weighted by Gasteiger charge is 2.20. The molecule has 0 unspecified atom stereocenters. The van der Waals surface area contributed by atoms with Gasteiger partial charge in [-0.05, 0) is 25.0 Å². The molecule has 0 spiro atoms. The van der Waals surface area contributed by atoms with E-state index < -0.39 is 0 Å². The Hall–Kier alpha value is -1.75. The Morgan fingerprint density at radius 3 is 3.00 bits per heavy atom. The van der Waals surface area contributed by atoms with E-state index in [1.807, 2.05) is 18.2 Å². The quantitative estimate of drug-likeness (QED) is 0.841. The predicted molar refractivity (Wildman–Crippen MR) is 62.3 cm³/mol. The smallest absolute Gasteiger partial charge is 0.266 e. The minimum Gasteiger partial charge on any atom is -0.419 e. The fourth-order valence-electron chi connectivity index (χ4n) is 1.62. The van der Waals surface area contributed by atoms with Crippen molar-refractivity contribution >= 4 is 0 Å². The van der Waals surface area contributed by atoms with Crippen molar-refractivity contribution in [1.82, 2.24) is 20.5 Å². The Balaban J connectivity index is 1.61. The molecule has 3 rings (SSSR count). The molecular weight excluding hydrogens is 216 g/mol. The topological polar surface area (TPSA) is 63.8 Å². The molecule has 0 radical (unpaired) electrons. The van der Waals surface area contributed by atoms with Crippen LogP contribution in [0.1, 0.15) is 18.7 Å². The number of pyridine rings is 1. The lowest BCUT2D eigenvalue weighted by molar-refractivity contribution is 0.493. The minimum atomic E-state index is 0.493. The third-order valence-electron chi connectivity index (χ3n) is 2.70. The van der Waals surface area contributed by atoms with Crippen molar-refractivity contribution < 1.29 is 4.42 Å². The van der Waals surface area contributed by atoms with Gasteiger partial charge in [-0.3, -0.25) is 4.98 Å².